The molecule has 33 heavy (non-hydrogen) atoms. The number of hydrogen-bond acceptors (Lipinski definition) is 4. The first-order valence-corrected chi connectivity index (χ1v) is 12.0. The van der Waals surface area contributed by atoms with Crippen LogP contribution in [0.25, 0.3) is 0 Å². The van der Waals surface area contributed by atoms with Crippen molar-refractivity contribution in [3.8, 4) is 5.75 Å². The van der Waals surface area contributed by atoms with Crippen LogP contribution in [0.3, 0.4) is 0 Å². The average molecular weight is 450 g/mol. The Morgan fingerprint density at radius 3 is 2.70 bits per heavy atom. The summed E-state index contributed by atoms with van der Waals surface area (Å²) in [4.78, 5) is 19.7. The van der Waals surface area contributed by atoms with E-state index in [1.807, 2.05) is 30.3 Å². The highest BCUT2D eigenvalue weighted by atomic mass is 16.5. The van der Waals surface area contributed by atoms with Gasteiger partial charge in [0.1, 0.15) is 5.75 Å². The zero-order valence-electron chi connectivity index (χ0n) is 19.6. The van der Waals surface area contributed by atoms with Crippen LogP contribution in [0.5, 0.6) is 5.75 Å². The minimum atomic E-state index is 0.0627. The summed E-state index contributed by atoms with van der Waals surface area (Å²) in [6.45, 7) is 6.29. The van der Waals surface area contributed by atoms with Gasteiger partial charge < -0.3 is 20.7 Å². The molecule has 1 saturated heterocycles. The molecular formula is C26H35N5O2. The van der Waals surface area contributed by atoms with E-state index >= 15 is 0 Å². The Hall–Kier alpha value is -3.06. The molecule has 2 aliphatic rings. The number of amides is 1. The number of fused-ring (bicyclic) bond motifs is 1. The second-order valence-electron chi connectivity index (χ2n) is 8.64. The van der Waals surface area contributed by atoms with Crippen molar-refractivity contribution in [3.05, 3.63) is 59.7 Å². The number of carbonyl (C=O) groups excluding carboxylic acids is 1. The van der Waals surface area contributed by atoms with E-state index in [2.05, 4.69) is 46.0 Å². The molecule has 4 rings (SSSR count). The predicted octanol–water partition coefficient (Wildman–Crippen LogP) is 3.51. The fourth-order valence-corrected chi connectivity index (χ4v) is 4.83. The third-order valence-corrected chi connectivity index (χ3v) is 6.47. The predicted molar refractivity (Wildman–Crippen MR) is 133 cm³/mol. The topological polar surface area (TPSA) is 78.0 Å². The van der Waals surface area contributed by atoms with E-state index in [1.54, 1.807) is 7.11 Å². The molecule has 7 nitrogen and oxygen atoms in total. The lowest BCUT2D eigenvalue weighted by molar-refractivity contribution is -0.116. The average Bonchev–Trinajstić information content (AvgIpc) is 3.37. The van der Waals surface area contributed by atoms with Gasteiger partial charge in [0.2, 0.25) is 5.91 Å². The zero-order valence-corrected chi connectivity index (χ0v) is 19.6. The molecule has 2 aromatic rings. The highest BCUT2D eigenvalue weighted by Crippen LogP contribution is 2.33. The Balaban J connectivity index is 1.50. The van der Waals surface area contributed by atoms with Crippen molar-refractivity contribution in [2.45, 2.75) is 38.1 Å². The van der Waals surface area contributed by atoms with Crippen LogP contribution in [0.15, 0.2) is 53.5 Å². The van der Waals surface area contributed by atoms with Crippen molar-refractivity contribution in [1.82, 2.24) is 15.5 Å². The van der Waals surface area contributed by atoms with Gasteiger partial charge >= 0.3 is 0 Å². The molecule has 2 heterocycles. The highest BCUT2D eigenvalue weighted by Gasteiger charge is 2.27. The van der Waals surface area contributed by atoms with E-state index in [-0.39, 0.29) is 17.9 Å². The van der Waals surface area contributed by atoms with Gasteiger partial charge in [0.15, 0.2) is 5.96 Å². The third-order valence-electron chi connectivity index (χ3n) is 6.47. The number of methoxy groups -OCH3 is 1. The van der Waals surface area contributed by atoms with Crippen molar-refractivity contribution >= 4 is 17.6 Å². The number of anilines is 1. The number of carbonyl (C=O) groups is 1. The lowest BCUT2D eigenvalue weighted by atomic mass is 9.90. The van der Waals surface area contributed by atoms with Gasteiger partial charge in [-0.25, -0.2) is 0 Å². The maximum Gasteiger partial charge on any atom is 0.225 e. The lowest BCUT2D eigenvalue weighted by Crippen LogP contribution is -2.41. The summed E-state index contributed by atoms with van der Waals surface area (Å²) < 4.78 is 5.67. The van der Waals surface area contributed by atoms with Crippen molar-refractivity contribution in [2.75, 3.05) is 45.2 Å². The number of para-hydroxylation sites is 2. The van der Waals surface area contributed by atoms with E-state index in [0.29, 0.717) is 19.5 Å². The van der Waals surface area contributed by atoms with E-state index < -0.39 is 0 Å². The highest BCUT2D eigenvalue weighted by molar-refractivity contribution is 5.94. The number of nitrogens with zero attached hydrogens (tertiary/aromatic N) is 2. The number of likely N-dealkylation sites (tertiary alicyclic amines) is 1. The van der Waals surface area contributed by atoms with Gasteiger partial charge in [-0.05, 0) is 50.6 Å². The van der Waals surface area contributed by atoms with Crippen LogP contribution in [-0.4, -0.2) is 56.6 Å². The molecule has 0 bridgehead atoms. The van der Waals surface area contributed by atoms with E-state index in [1.165, 1.54) is 24.0 Å². The quantitative estimate of drug-likeness (QED) is 0.425. The van der Waals surface area contributed by atoms with E-state index in [4.69, 9.17) is 9.73 Å². The minimum Gasteiger partial charge on any atom is -0.496 e. The fourth-order valence-electron chi connectivity index (χ4n) is 4.83. The number of ether oxygens (including phenoxy) is 1. The Bertz CT molecular complexity index is 971. The normalized spacial score (nSPS) is 19.5. The first-order valence-electron chi connectivity index (χ1n) is 12.0. The van der Waals surface area contributed by atoms with Gasteiger partial charge in [-0.1, -0.05) is 36.4 Å². The number of nitrogens with one attached hydrogen (secondary N) is 3. The van der Waals surface area contributed by atoms with Crippen LogP contribution >= 0.6 is 0 Å². The van der Waals surface area contributed by atoms with Crippen molar-refractivity contribution in [2.24, 2.45) is 4.99 Å². The number of aliphatic imine (C=N–C) groups is 1. The molecule has 3 N–H and O–H groups in total. The Morgan fingerprint density at radius 2 is 1.91 bits per heavy atom. The SMILES string of the molecule is CCNC(=NCC(c1ccccc1OC)N1CCCC1)NCC1CC(=O)Nc2ccccc21. The Kier molecular flexibility index (Phi) is 7.83. The van der Waals surface area contributed by atoms with Gasteiger partial charge in [-0.3, -0.25) is 14.7 Å². The molecule has 2 atom stereocenters. The summed E-state index contributed by atoms with van der Waals surface area (Å²) in [6.07, 6.45) is 2.91. The lowest BCUT2D eigenvalue weighted by Gasteiger charge is -2.29. The monoisotopic (exact) mass is 449 g/mol. The Morgan fingerprint density at radius 1 is 1.15 bits per heavy atom. The van der Waals surface area contributed by atoms with Crippen molar-refractivity contribution < 1.29 is 9.53 Å². The first-order chi connectivity index (χ1) is 16.2. The summed E-state index contributed by atoms with van der Waals surface area (Å²) in [7, 11) is 1.73. The smallest absolute Gasteiger partial charge is 0.225 e. The number of rotatable bonds is 8. The standard InChI is InChI=1S/C26H35N5O2/c1-3-27-26(28-17-19-16-25(32)30-22-12-6-4-10-20(19)22)29-18-23(31-14-8-9-15-31)21-11-5-7-13-24(21)33-2/h4-7,10-13,19,23H,3,8-9,14-18H2,1-2H3,(H,30,32)(H2,27,28,29). The largest absolute Gasteiger partial charge is 0.496 e. The van der Waals surface area contributed by atoms with Gasteiger partial charge in [-0.2, -0.15) is 0 Å². The molecule has 1 fully saturated rings. The fraction of sp³-hybridized carbons (Fsp3) is 0.462. The molecule has 7 heteroatoms. The molecule has 0 spiro atoms. The molecule has 0 radical (unpaired) electrons. The molecule has 0 saturated carbocycles. The Labute approximate surface area is 196 Å². The molecule has 176 valence electrons. The third kappa shape index (κ3) is 5.66. The first kappa shape index (κ1) is 23.1. The van der Waals surface area contributed by atoms with Gasteiger partial charge in [0, 0.05) is 36.7 Å². The van der Waals surface area contributed by atoms with E-state index in [0.717, 1.165) is 37.0 Å². The van der Waals surface area contributed by atoms with Gasteiger partial charge in [-0.15, -0.1) is 0 Å². The molecule has 0 aromatic heterocycles. The van der Waals surface area contributed by atoms with Crippen LogP contribution in [-0.2, 0) is 4.79 Å². The molecule has 2 aliphatic heterocycles. The van der Waals surface area contributed by atoms with Crippen LogP contribution in [0.2, 0.25) is 0 Å². The second kappa shape index (κ2) is 11.2. The van der Waals surface area contributed by atoms with Gasteiger partial charge in [0.05, 0.1) is 19.7 Å². The summed E-state index contributed by atoms with van der Waals surface area (Å²) >= 11 is 0. The maximum absolute atomic E-state index is 12.2. The second-order valence-corrected chi connectivity index (χ2v) is 8.64. The molecule has 2 unspecified atom stereocenters. The van der Waals surface area contributed by atoms with Crippen molar-refractivity contribution in [1.29, 1.82) is 0 Å². The molecule has 1 amide bonds. The molecule has 2 aromatic carbocycles. The zero-order chi connectivity index (χ0) is 23.0. The van der Waals surface area contributed by atoms with Crippen LogP contribution in [0.4, 0.5) is 5.69 Å². The summed E-state index contributed by atoms with van der Waals surface area (Å²) in [6, 6.07) is 16.5. The van der Waals surface area contributed by atoms with E-state index in [9.17, 15) is 4.79 Å². The maximum atomic E-state index is 12.2. The van der Waals surface area contributed by atoms with Crippen molar-refractivity contribution in [3.63, 3.8) is 0 Å². The van der Waals surface area contributed by atoms with Crippen LogP contribution < -0.4 is 20.7 Å². The van der Waals surface area contributed by atoms with Crippen LogP contribution in [0, 0.1) is 0 Å². The molecule has 0 aliphatic carbocycles. The number of guanidine groups is 1. The summed E-state index contributed by atoms with van der Waals surface area (Å²) in [5.74, 6) is 1.86. The van der Waals surface area contributed by atoms with Gasteiger partial charge in [0.25, 0.3) is 0 Å². The summed E-state index contributed by atoms with van der Waals surface area (Å²) in [5.41, 5.74) is 3.26. The number of benzene rings is 2. The van der Waals surface area contributed by atoms with Crippen LogP contribution in [0.1, 0.15) is 49.3 Å². The molecular weight excluding hydrogens is 414 g/mol. The summed E-state index contributed by atoms with van der Waals surface area (Å²) in [5, 5.41) is 9.83. The number of hydrogen-bond donors (Lipinski definition) is 3. The minimum absolute atomic E-state index is 0.0627.